The molecular formula is C10H8BrN3. The van der Waals surface area contributed by atoms with Gasteiger partial charge >= 0.3 is 0 Å². The van der Waals surface area contributed by atoms with Crippen LogP contribution in [-0.4, -0.2) is 15.0 Å². The summed E-state index contributed by atoms with van der Waals surface area (Å²) in [6.45, 7) is 0. The number of nitrogens with zero attached hydrogens (tertiary/aromatic N) is 3. The summed E-state index contributed by atoms with van der Waals surface area (Å²) in [5, 5.41) is 0.866. The first kappa shape index (κ1) is 9.27. The molecule has 0 radical (unpaired) electrons. The van der Waals surface area contributed by atoms with Gasteiger partial charge in [0.05, 0.1) is 0 Å². The normalized spacial score (nSPS) is 10.1. The summed E-state index contributed by atoms with van der Waals surface area (Å²) in [4.78, 5) is 11.9. The maximum Gasteiger partial charge on any atom is 0.162 e. The molecule has 4 heteroatoms. The molecule has 0 spiro atoms. The molecule has 0 saturated heterocycles. The minimum Gasteiger partial charge on any atom is -0.225 e. The van der Waals surface area contributed by atoms with E-state index < -0.39 is 0 Å². The van der Waals surface area contributed by atoms with Crippen molar-refractivity contribution in [3.63, 3.8) is 0 Å². The fourth-order valence-corrected chi connectivity index (χ4v) is 1.50. The molecule has 1 aromatic heterocycles. The van der Waals surface area contributed by atoms with Crippen molar-refractivity contribution in [2.45, 2.75) is 5.33 Å². The second kappa shape index (κ2) is 4.28. The molecule has 2 aromatic rings. The van der Waals surface area contributed by atoms with Crippen LogP contribution in [0.5, 0.6) is 0 Å². The largest absolute Gasteiger partial charge is 0.225 e. The molecule has 70 valence electrons. The van der Waals surface area contributed by atoms with Crippen LogP contribution in [0.25, 0.3) is 11.4 Å². The summed E-state index contributed by atoms with van der Waals surface area (Å²) in [5.74, 6) is 0.709. The fraction of sp³-hybridized carbons (Fsp3) is 0.100. The highest BCUT2D eigenvalue weighted by Gasteiger charge is 1.98. The van der Waals surface area contributed by atoms with Gasteiger partial charge in [0, 0.05) is 10.9 Å². The number of alkyl halides is 1. The molecule has 3 nitrogen and oxygen atoms in total. The van der Waals surface area contributed by atoms with E-state index in [1.54, 1.807) is 0 Å². The minimum absolute atomic E-state index is 0.709. The molecule has 0 aliphatic rings. The zero-order chi connectivity index (χ0) is 9.80. The Hall–Kier alpha value is -1.29. The van der Waals surface area contributed by atoms with Crippen molar-refractivity contribution in [3.8, 4) is 11.4 Å². The molecule has 0 amide bonds. The Bertz CT molecular complexity index is 399. The van der Waals surface area contributed by atoms with Crippen LogP contribution < -0.4 is 0 Å². The van der Waals surface area contributed by atoms with Gasteiger partial charge in [-0.15, -0.1) is 0 Å². The highest BCUT2D eigenvalue weighted by Crippen LogP contribution is 2.15. The van der Waals surface area contributed by atoms with Crippen LogP contribution in [0.3, 0.4) is 0 Å². The van der Waals surface area contributed by atoms with Crippen molar-refractivity contribution < 1.29 is 0 Å². The second-order valence-electron chi connectivity index (χ2n) is 2.79. The predicted octanol–water partition coefficient (Wildman–Crippen LogP) is 2.43. The molecule has 1 heterocycles. The average molecular weight is 250 g/mol. The molecule has 0 aliphatic carbocycles. The lowest BCUT2D eigenvalue weighted by atomic mass is 10.1. The van der Waals surface area contributed by atoms with Gasteiger partial charge in [0.25, 0.3) is 0 Å². The van der Waals surface area contributed by atoms with Gasteiger partial charge in [0.1, 0.15) is 12.7 Å². The third kappa shape index (κ3) is 1.96. The summed E-state index contributed by atoms with van der Waals surface area (Å²) in [7, 11) is 0. The first-order valence-corrected chi connectivity index (χ1v) is 5.29. The van der Waals surface area contributed by atoms with E-state index in [0.717, 1.165) is 10.9 Å². The van der Waals surface area contributed by atoms with Crippen molar-refractivity contribution in [2.75, 3.05) is 0 Å². The molecule has 0 fully saturated rings. The predicted molar refractivity (Wildman–Crippen MR) is 57.9 cm³/mol. The lowest BCUT2D eigenvalue weighted by molar-refractivity contribution is 1.06. The topological polar surface area (TPSA) is 38.7 Å². The molecule has 1 aromatic carbocycles. The lowest BCUT2D eigenvalue weighted by Gasteiger charge is -1.99. The van der Waals surface area contributed by atoms with Gasteiger partial charge in [-0.25, -0.2) is 15.0 Å². The van der Waals surface area contributed by atoms with E-state index >= 15 is 0 Å². The molecule has 0 aliphatic heterocycles. The quantitative estimate of drug-likeness (QED) is 0.768. The van der Waals surface area contributed by atoms with Crippen LogP contribution in [0.4, 0.5) is 0 Å². The van der Waals surface area contributed by atoms with Crippen LogP contribution in [-0.2, 0) is 5.33 Å². The van der Waals surface area contributed by atoms with Crippen LogP contribution in [0.15, 0.2) is 36.9 Å². The Morgan fingerprint density at radius 3 is 2.21 bits per heavy atom. The van der Waals surface area contributed by atoms with Crippen molar-refractivity contribution in [2.24, 2.45) is 0 Å². The van der Waals surface area contributed by atoms with Gasteiger partial charge in [0.15, 0.2) is 5.82 Å². The number of halogens is 1. The van der Waals surface area contributed by atoms with E-state index in [4.69, 9.17) is 0 Å². The maximum atomic E-state index is 4.07. The van der Waals surface area contributed by atoms with Gasteiger partial charge in [0.2, 0.25) is 0 Å². The van der Waals surface area contributed by atoms with Gasteiger partial charge in [-0.05, 0) is 5.56 Å². The first-order chi connectivity index (χ1) is 6.90. The minimum atomic E-state index is 0.709. The molecule has 0 bridgehead atoms. The van der Waals surface area contributed by atoms with Gasteiger partial charge < -0.3 is 0 Å². The van der Waals surface area contributed by atoms with Crippen molar-refractivity contribution >= 4 is 15.9 Å². The Morgan fingerprint density at radius 2 is 1.64 bits per heavy atom. The van der Waals surface area contributed by atoms with Crippen molar-refractivity contribution in [3.05, 3.63) is 42.5 Å². The fourth-order valence-electron chi connectivity index (χ4n) is 1.13. The Kier molecular flexibility index (Phi) is 2.84. The van der Waals surface area contributed by atoms with Crippen LogP contribution in [0.1, 0.15) is 5.56 Å². The highest BCUT2D eigenvalue weighted by atomic mass is 79.9. The second-order valence-corrected chi connectivity index (χ2v) is 3.35. The summed E-state index contributed by atoms with van der Waals surface area (Å²) in [6.07, 6.45) is 3.00. The standard InChI is InChI=1S/C10H8BrN3/c11-5-8-1-3-9(4-2-8)10-13-6-12-7-14-10/h1-4,6-7H,5H2. The zero-order valence-electron chi connectivity index (χ0n) is 7.39. The zero-order valence-corrected chi connectivity index (χ0v) is 8.98. The monoisotopic (exact) mass is 249 g/mol. The van der Waals surface area contributed by atoms with E-state index in [1.807, 2.05) is 24.3 Å². The van der Waals surface area contributed by atoms with Gasteiger partial charge in [-0.1, -0.05) is 40.2 Å². The van der Waals surface area contributed by atoms with E-state index in [-0.39, 0.29) is 0 Å². The van der Waals surface area contributed by atoms with Crippen LogP contribution >= 0.6 is 15.9 Å². The third-order valence-corrected chi connectivity index (χ3v) is 2.51. The summed E-state index contributed by atoms with van der Waals surface area (Å²) in [5.41, 5.74) is 2.25. The molecule has 0 N–H and O–H groups in total. The van der Waals surface area contributed by atoms with Crippen molar-refractivity contribution in [1.29, 1.82) is 0 Å². The molecule has 0 unspecified atom stereocenters. The van der Waals surface area contributed by atoms with Gasteiger partial charge in [-0.2, -0.15) is 0 Å². The summed E-state index contributed by atoms with van der Waals surface area (Å²) >= 11 is 3.40. The lowest BCUT2D eigenvalue weighted by Crippen LogP contribution is -1.88. The van der Waals surface area contributed by atoms with Crippen LogP contribution in [0, 0.1) is 0 Å². The Morgan fingerprint density at radius 1 is 1.00 bits per heavy atom. The summed E-state index contributed by atoms with van der Waals surface area (Å²) in [6, 6.07) is 8.11. The summed E-state index contributed by atoms with van der Waals surface area (Å²) < 4.78 is 0. The Labute approximate surface area is 90.4 Å². The molecule has 0 saturated carbocycles. The molecule has 14 heavy (non-hydrogen) atoms. The number of rotatable bonds is 2. The number of aromatic nitrogens is 3. The van der Waals surface area contributed by atoms with E-state index in [2.05, 4.69) is 30.9 Å². The smallest absolute Gasteiger partial charge is 0.162 e. The highest BCUT2D eigenvalue weighted by molar-refractivity contribution is 9.08. The Balaban J connectivity index is 2.34. The van der Waals surface area contributed by atoms with Crippen LogP contribution in [0.2, 0.25) is 0 Å². The number of benzene rings is 1. The van der Waals surface area contributed by atoms with Crippen molar-refractivity contribution in [1.82, 2.24) is 15.0 Å². The van der Waals surface area contributed by atoms with E-state index in [0.29, 0.717) is 5.82 Å². The molecule has 0 atom stereocenters. The number of hydrogen-bond donors (Lipinski definition) is 0. The SMILES string of the molecule is BrCc1ccc(-c2ncncn2)cc1. The van der Waals surface area contributed by atoms with E-state index in [1.165, 1.54) is 18.2 Å². The molecule has 2 rings (SSSR count). The van der Waals surface area contributed by atoms with Gasteiger partial charge in [-0.3, -0.25) is 0 Å². The molecular weight excluding hydrogens is 242 g/mol. The maximum absolute atomic E-state index is 4.07. The number of hydrogen-bond acceptors (Lipinski definition) is 3. The average Bonchev–Trinajstić information content (AvgIpc) is 2.30. The first-order valence-electron chi connectivity index (χ1n) is 4.17. The van der Waals surface area contributed by atoms with E-state index in [9.17, 15) is 0 Å². The third-order valence-electron chi connectivity index (χ3n) is 1.86.